The summed E-state index contributed by atoms with van der Waals surface area (Å²) in [6, 6.07) is 3.74. The number of carbonyl (C=O) groups excluding carboxylic acids is 1. The smallest absolute Gasteiger partial charge is 0.244 e. The Morgan fingerprint density at radius 1 is 1.56 bits per heavy atom. The van der Waals surface area contributed by atoms with E-state index in [2.05, 4.69) is 10.3 Å². The van der Waals surface area contributed by atoms with Gasteiger partial charge in [0.2, 0.25) is 5.91 Å². The molecule has 1 unspecified atom stereocenters. The quantitative estimate of drug-likeness (QED) is 0.922. The van der Waals surface area contributed by atoms with Crippen LogP contribution in [-0.2, 0) is 4.79 Å². The zero-order chi connectivity index (χ0) is 13.1. The fourth-order valence-corrected chi connectivity index (χ4v) is 2.54. The van der Waals surface area contributed by atoms with Gasteiger partial charge >= 0.3 is 0 Å². The molecule has 0 saturated carbocycles. The van der Waals surface area contributed by atoms with E-state index in [1.165, 1.54) is 4.70 Å². The number of likely N-dealkylation sites (N-methyl/N-ethyl adjacent to an activating group) is 1. The maximum atomic E-state index is 12.0. The lowest BCUT2D eigenvalue weighted by Gasteiger charge is -2.21. The molecule has 0 radical (unpaired) electrons. The van der Waals surface area contributed by atoms with E-state index in [-0.39, 0.29) is 11.9 Å². The number of fused-ring (bicyclic) bond motifs is 1. The van der Waals surface area contributed by atoms with Crippen molar-refractivity contribution in [3.63, 3.8) is 0 Å². The Bertz CT molecular complexity index is 552. The Kier molecular flexibility index (Phi) is 3.81. The fourth-order valence-electron chi connectivity index (χ4n) is 1.76. The predicted molar refractivity (Wildman–Crippen MR) is 76.0 cm³/mol. The molecule has 2 heterocycles. The summed E-state index contributed by atoms with van der Waals surface area (Å²) in [5.74, 6) is 0.852. The zero-order valence-electron chi connectivity index (χ0n) is 10.8. The molecule has 0 spiro atoms. The van der Waals surface area contributed by atoms with E-state index < -0.39 is 0 Å². The Morgan fingerprint density at radius 3 is 3.06 bits per heavy atom. The van der Waals surface area contributed by atoms with Crippen molar-refractivity contribution in [2.75, 3.05) is 18.9 Å². The molecule has 1 N–H and O–H groups in total. The Hall–Kier alpha value is -1.62. The van der Waals surface area contributed by atoms with Crippen molar-refractivity contribution in [1.29, 1.82) is 0 Å². The van der Waals surface area contributed by atoms with E-state index in [0.717, 1.165) is 11.2 Å². The number of amides is 1. The molecule has 2 aromatic rings. The zero-order valence-corrected chi connectivity index (χ0v) is 11.6. The molecule has 0 aliphatic rings. The lowest BCUT2D eigenvalue weighted by atomic mass is 10.2. The van der Waals surface area contributed by atoms with Gasteiger partial charge in [-0.25, -0.2) is 4.98 Å². The van der Waals surface area contributed by atoms with Gasteiger partial charge in [-0.05, 0) is 31.4 Å². The summed E-state index contributed by atoms with van der Waals surface area (Å²) in [5.41, 5.74) is 0. The highest BCUT2D eigenvalue weighted by Crippen LogP contribution is 2.26. The number of pyridine rings is 1. The van der Waals surface area contributed by atoms with E-state index in [4.69, 9.17) is 0 Å². The molecule has 96 valence electrons. The number of aromatic nitrogens is 1. The molecule has 0 aromatic carbocycles. The third-order valence-corrected chi connectivity index (χ3v) is 3.84. The predicted octanol–water partition coefficient (Wildman–Crippen LogP) is 2.58. The monoisotopic (exact) mass is 263 g/mol. The van der Waals surface area contributed by atoms with Crippen molar-refractivity contribution in [3.05, 3.63) is 23.7 Å². The molecular formula is C13H17N3OS. The number of nitrogens with one attached hydrogen (secondary N) is 1. The lowest BCUT2D eigenvalue weighted by molar-refractivity contribution is -0.130. The average molecular weight is 263 g/mol. The highest BCUT2D eigenvalue weighted by atomic mass is 32.1. The van der Waals surface area contributed by atoms with Crippen LogP contribution in [0, 0.1) is 0 Å². The summed E-state index contributed by atoms with van der Waals surface area (Å²) in [6.45, 7) is 4.53. The summed E-state index contributed by atoms with van der Waals surface area (Å²) in [6.07, 6.45) is 1.77. The molecule has 5 heteroatoms. The van der Waals surface area contributed by atoms with Crippen LogP contribution in [0.5, 0.6) is 0 Å². The second-order valence-corrected chi connectivity index (χ2v) is 5.16. The van der Waals surface area contributed by atoms with Gasteiger partial charge in [0.05, 0.1) is 0 Å². The average Bonchev–Trinajstić information content (AvgIpc) is 2.86. The lowest BCUT2D eigenvalue weighted by Crippen LogP contribution is -2.39. The van der Waals surface area contributed by atoms with Crippen molar-refractivity contribution in [2.24, 2.45) is 0 Å². The van der Waals surface area contributed by atoms with Gasteiger partial charge in [0.15, 0.2) is 0 Å². The number of rotatable bonds is 4. The number of thiophene rings is 1. The van der Waals surface area contributed by atoms with Gasteiger partial charge in [-0.3, -0.25) is 4.79 Å². The van der Waals surface area contributed by atoms with E-state index >= 15 is 0 Å². The number of carbonyl (C=O) groups is 1. The van der Waals surface area contributed by atoms with Gasteiger partial charge in [-0.1, -0.05) is 0 Å². The number of nitrogens with zero attached hydrogens (tertiary/aromatic N) is 2. The van der Waals surface area contributed by atoms with Crippen molar-refractivity contribution < 1.29 is 4.79 Å². The van der Waals surface area contributed by atoms with Crippen molar-refractivity contribution in [2.45, 2.75) is 19.9 Å². The minimum absolute atomic E-state index is 0.0755. The summed E-state index contributed by atoms with van der Waals surface area (Å²) >= 11 is 1.67. The van der Waals surface area contributed by atoms with Crippen LogP contribution in [0.1, 0.15) is 13.8 Å². The van der Waals surface area contributed by atoms with E-state index in [1.54, 1.807) is 29.5 Å². The fraction of sp³-hybridized carbons (Fsp3) is 0.385. The molecular weight excluding hydrogens is 246 g/mol. The largest absolute Gasteiger partial charge is 0.358 e. The summed E-state index contributed by atoms with van der Waals surface area (Å²) in [4.78, 5) is 18.0. The molecule has 2 rings (SSSR count). The molecule has 0 saturated heterocycles. The van der Waals surface area contributed by atoms with Gasteiger partial charge in [0.25, 0.3) is 0 Å². The molecule has 4 nitrogen and oxygen atoms in total. The van der Waals surface area contributed by atoms with Gasteiger partial charge in [0.1, 0.15) is 11.9 Å². The minimum Gasteiger partial charge on any atom is -0.358 e. The summed E-state index contributed by atoms with van der Waals surface area (Å²) in [7, 11) is 1.80. The minimum atomic E-state index is -0.270. The van der Waals surface area contributed by atoms with Crippen molar-refractivity contribution >= 4 is 33.1 Å². The molecule has 0 bridgehead atoms. The van der Waals surface area contributed by atoms with Gasteiger partial charge < -0.3 is 10.2 Å². The van der Waals surface area contributed by atoms with Crippen LogP contribution in [0.3, 0.4) is 0 Å². The third-order valence-electron chi connectivity index (χ3n) is 2.95. The molecule has 0 fully saturated rings. The Labute approximate surface area is 111 Å². The van der Waals surface area contributed by atoms with Crippen LogP contribution in [0.25, 0.3) is 10.1 Å². The molecule has 1 atom stereocenters. The van der Waals surface area contributed by atoms with Gasteiger partial charge in [0, 0.05) is 29.9 Å². The van der Waals surface area contributed by atoms with Gasteiger partial charge in [-0.15, -0.1) is 11.3 Å². The number of hydrogen-bond donors (Lipinski definition) is 1. The number of hydrogen-bond acceptors (Lipinski definition) is 4. The SMILES string of the molecule is CCN(C)C(=O)C(C)Nc1nccc2sccc12. The van der Waals surface area contributed by atoms with Crippen LogP contribution < -0.4 is 5.32 Å². The second kappa shape index (κ2) is 5.35. The van der Waals surface area contributed by atoms with Crippen LogP contribution in [0.15, 0.2) is 23.7 Å². The van der Waals surface area contributed by atoms with Crippen LogP contribution in [0.4, 0.5) is 5.82 Å². The maximum Gasteiger partial charge on any atom is 0.244 e. The van der Waals surface area contributed by atoms with E-state index in [9.17, 15) is 4.79 Å². The maximum absolute atomic E-state index is 12.0. The third kappa shape index (κ3) is 2.46. The van der Waals surface area contributed by atoms with E-state index in [1.807, 2.05) is 31.4 Å². The van der Waals surface area contributed by atoms with Crippen LogP contribution in [0.2, 0.25) is 0 Å². The normalized spacial score (nSPS) is 12.4. The van der Waals surface area contributed by atoms with E-state index in [0.29, 0.717) is 6.54 Å². The molecule has 18 heavy (non-hydrogen) atoms. The first-order chi connectivity index (χ1) is 8.63. The topological polar surface area (TPSA) is 45.2 Å². The number of anilines is 1. The second-order valence-electron chi connectivity index (χ2n) is 4.21. The molecule has 0 aliphatic carbocycles. The molecule has 2 aromatic heterocycles. The summed E-state index contributed by atoms with van der Waals surface area (Å²) in [5, 5.41) is 6.29. The highest BCUT2D eigenvalue weighted by molar-refractivity contribution is 7.17. The first-order valence-corrected chi connectivity index (χ1v) is 6.85. The Balaban J connectivity index is 2.18. The Morgan fingerprint density at radius 2 is 2.33 bits per heavy atom. The summed E-state index contributed by atoms with van der Waals surface area (Å²) < 4.78 is 1.18. The first kappa shape index (κ1) is 12.8. The molecule has 1 amide bonds. The first-order valence-electron chi connectivity index (χ1n) is 5.97. The van der Waals surface area contributed by atoms with Crippen molar-refractivity contribution in [1.82, 2.24) is 9.88 Å². The van der Waals surface area contributed by atoms with Crippen LogP contribution in [-0.4, -0.2) is 35.4 Å². The standard InChI is InChI=1S/C13H17N3OS/c1-4-16(3)13(17)9(2)15-12-10-6-8-18-11(10)5-7-14-12/h5-9H,4H2,1-3H3,(H,14,15). The van der Waals surface area contributed by atoms with Crippen LogP contribution >= 0.6 is 11.3 Å². The highest BCUT2D eigenvalue weighted by Gasteiger charge is 2.17. The van der Waals surface area contributed by atoms with Gasteiger partial charge in [-0.2, -0.15) is 0 Å². The molecule has 0 aliphatic heterocycles. The van der Waals surface area contributed by atoms with Crippen molar-refractivity contribution in [3.8, 4) is 0 Å².